The molecular weight excluding hydrogens is 271 g/mol. The van der Waals surface area contributed by atoms with E-state index < -0.39 is 11.9 Å². The average molecular weight is 283 g/mol. The van der Waals surface area contributed by atoms with Crippen molar-refractivity contribution >= 4 is 6.29 Å². The number of alkyl halides is 3. The first-order chi connectivity index (χ1) is 9.45. The summed E-state index contributed by atoms with van der Waals surface area (Å²) in [4.78, 5) is 10.9. The third-order valence-electron chi connectivity index (χ3n) is 2.68. The van der Waals surface area contributed by atoms with Gasteiger partial charge in [0.05, 0.1) is 5.69 Å². The number of carbonyl (C=O) groups is 1. The number of hydrogen-bond acceptors (Lipinski definition) is 3. The summed E-state index contributed by atoms with van der Waals surface area (Å²) in [6, 6.07) is 7.54. The van der Waals surface area contributed by atoms with Crippen molar-refractivity contribution in [3.63, 3.8) is 0 Å². The van der Waals surface area contributed by atoms with E-state index in [1.54, 1.807) is 25.2 Å². The van der Waals surface area contributed by atoms with Gasteiger partial charge in [-0.05, 0) is 30.8 Å². The topological polar surface area (TPSA) is 46.9 Å². The van der Waals surface area contributed by atoms with Gasteiger partial charge >= 0.3 is 6.18 Å². The molecule has 1 heterocycles. The van der Waals surface area contributed by atoms with Crippen molar-refractivity contribution < 1.29 is 18.0 Å². The molecule has 2 rings (SSSR count). The van der Waals surface area contributed by atoms with Crippen LogP contribution in [0.25, 0.3) is 5.69 Å². The van der Waals surface area contributed by atoms with Crippen LogP contribution < -0.4 is 5.32 Å². The summed E-state index contributed by atoms with van der Waals surface area (Å²) < 4.78 is 38.9. The van der Waals surface area contributed by atoms with Gasteiger partial charge in [-0.1, -0.05) is 12.1 Å². The van der Waals surface area contributed by atoms with E-state index >= 15 is 0 Å². The molecule has 0 aliphatic rings. The summed E-state index contributed by atoms with van der Waals surface area (Å²) in [5.41, 5.74) is 0.0683. The Bertz CT molecular complexity index is 620. The predicted molar refractivity (Wildman–Crippen MR) is 66.7 cm³/mol. The lowest BCUT2D eigenvalue weighted by molar-refractivity contribution is -0.141. The maximum Gasteiger partial charge on any atom is 0.435 e. The van der Waals surface area contributed by atoms with Crippen LogP contribution in [-0.2, 0) is 12.7 Å². The van der Waals surface area contributed by atoms with E-state index in [2.05, 4.69) is 10.4 Å². The molecule has 0 radical (unpaired) electrons. The number of aromatic nitrogens is 2. The maximum absolute atomic E-state index is 12.6. The van der Waals surface area contributed by atoms with E-state index in [0.717, 1.165) is 16.3 Å². The van der Waals surface area contributed by atoms with Gasteiger partial charge in [-0.3, -0.25) is 4.79 Å². The normalized spacial score (nSPS) is 11.6. The van der Waals surface area contributed by atoms with Crippen LogP contribution in [0.3, 0.4) is 0 Å². The molecule has 7 heteroatoms. The molecule has 1 N–H and O–H groups in total. The van der Waals surface area contributed by atoms with Crippen LogP contribution in [0, 0.1) is 0 Å². The lowest BCUT2D eigenvalue weighted by atomic mass is 10.2. The van der Waals surface area contributed by atoms with Crippen LogP contribution >= 0.6 is 0 Å². The molecule has 1 aromatic heterocycles. The zero-order valence-electron chi connectivity index (χ0n) is 10.6. The minimum Gasteiger partial charge on any atom is -0.316 e. The van der Waals surface area contributed by atoms with Gasteiger partial charge in [0.1, 0.15) is 5.69 Å². The SMILES string of the molecule is CNCc1cccc(-n2nc(C(F)(F)F)cc2C=O)c1. The molecule has 0 aliphatic carbocycles. The van der Waals surface area contributed by atoms with Crippen molar-refractivity contribution in [2.75, 3.05) is 7.05 Å². The highest BCUT2D eigenvalue weighted by atomic mass is 19.4. The van der Waals surface area contributed by atoms with E-state index in [-0.39, 0.29) is 5.69 Å². The Balaban J connectivity index is 2.49. The third kappa shape index (κ3) is 2.88. The fraction of sp³-hybridized carbons (Fsp3) is 0.231. The molecule has 0 unspecified atom stereocenters. The van der Waals surface area contributed by atoms with E-state index in [4.69, 9.17) is 0 Å². The number of rotatable bonds is 4. The van der Waals surface area contributed by atoms with Crippen molar-refractivity contribution in [3.05, 3.63) is 47.3 Å². The van der Waals surface area contributed by atoms with E-state index in [1.807, 2.05) is 6.07 Å². The highest BCUT2D eigenvalue weighted by Gasteiger charge is 2.35. The number of benzene rings is 1. The van der Waals surface area contributed by atoms with Crippen LogP contribution in [0.4, 0.5) is 13.2 Å². The van der Waals surface area contributed by atoms with Gasteiger partial charge in [0.15, 0.2) is 12.0 Å². The van der Waals surface area contributed by atoms with Crippen LogP contribution in [0.15, 0.2) is 30.3 Å². The van der Waals surface area contributed by atoms with Gasteiger partial charge in [0.25, 0.3) is 0 Å². The first-order valence-corrected chi connectivity index (χ1v) is 5.82. The van der Waals surface area contributed by atoms with Crippen molar-refractivity contribution in [2.45, 2.75) is 12.7 Å². The van der Waals surface area contributed by atoms with Gasteiger partial charge in [-0.15, -0.1) is 0 Å². The summed E-state index contributed by atoms with van der Waals surface area (Å²) in [7, 11) is 1.76. The van der Waals surface area contributed by atoms with Gasteiger partial charge < -0.3 is 5.32 Å². The van der Waals surface area contributed by atoms with Gasteiger partial charge in [-0.25, -0.2) is 4.68 Å². The number of hydrogen-bond donors (Lipinski definition) is 1. The molecule has 0 aliphatic heterocycles. The lowest BCUT2D eigenvalue weighted by Crippen LogP contribution is -2.09. The lowest BCUT2D eigenvalue weighted by Gasteiger charge is -2.07. The van der Waals surface area contributed by atoms with Crippen LogP contribution in [-0.4, -0.2) is 23.1 Å². The molecule has 0 amide bonds. The zero-order chi connectivity index (χ0) is 14.8. The Morgan fingerprint density at radius 2 is 2.10 bits per heavy atom. The number of nitrogens with one attached hydrogen (secondary N) is 1. The Morgan fingerprint density at radius 3 is 2.70 bits per heavy atom. The fourth-order valence-electron chi connectivity index (χ4n) is 1.83. The second-order valence-corrected chi connectivity index (χ2v) is 4.18. The quantitative estimate of drug-likeness (QED) is 0.877. The van der Waals surface area contributed by atoms with Crippen LogP contribution in [0.5, 0.6) is 0 Å². The molecule has 0 saturated carbocycles. The van der Waals surface area contributed by atoms with Crippen molar-refractivity contribution in [1.82, 2.24) is 15.1 Å². The van der Waals surface area contributed by atoms with Gasteiger partial charge in [0.2, 0.25) is 0 Å². The first kappa shape index (κ1) is 14.3. The molecule has 0 saturated heterocycles. The first-order valence-electron chi connectivity index (χ1n) is 5.82. The Labute approximate surface area is 113 Å². The Hall–Kier alpha value is -2.15. The van der Waals surface area contributed by atoms with E-state index in [1.165, 1.54) is 0 Å². The molecule has 0 spiro atoms. The minimum atomic E-state index is -4.58. The monoisotopic (exact) mass is 283 g/mol. The number of halogens is 3. The van der Waals surface area contributed by atoms with E-state index in [0.29, 0.717) is 18.5 Å². The maximum atomic E-state index is 12.6. The average Bonchev–Trinajstić information content (AvgIpc) is 2.83. The van der Waals surface area contributed by atoms with Crippen LogP contribution in [0.2, 0.25) is 0 Å². The Kier molecular flexibility index (Phi) is 3.89. The number of carbonyl (C=O) groups excluding carboxylic acids is 1. The van der Waals surface area contributed by atoms with Crippen LogP contribution in [0.1, 0.15) is 21.7 Å². The van der Waals surface area contributed by atoms with Crippen molar-refractivity contribution in [2.24, 2.45) is 0 Å². The molecule has 0 fully saturated rings. The molecular formula is C13H12F3N3O. The molecule has 0 atom stereocenters. The van der Waals surface area contributed by atoms with Crippen molar-refractivity contribution in [1.29, 1.82) is 0 Å². The summed E-state index contributed by atoms with van der Waals surface area (Å²) in [6.07, 6.45) is -4.22. The smallest absolute Gasteiger partial charge is 0.316 e. The molecule has 20 heavy (non-hydrogen) atoms. The summed E-state index contributed by atoms with van der Waals surface area (Å²) in [5, 5.41) is 6.41. The van der Waals surface area contributed by atoms with Crippen molar-refractivity contribution in [3.8, 4) is 5.69 Å². The largest absolute Gasteiger partial charge is 0.435 e. The molecule has 0 bridgehead atoms. The highest BCUT2D eigenvalue weighted by Crippen LogP contribution is 2.29. The van der Waals surface area contributed by atoms with Gasteiger partial charge in [0, 0.05) is 6.54 Å². The molecule has 4 nitrogen and oxygen atoms in total. The zero-order valence-corrected chi connectivity index (χ0v) is 10.6. The Morgan fingerprint density at radius 1 is 1.35 bits per heavy atom. The molecule has 1 aromatic carbocycles. The van der Waals surface area contributed by atoms with Gasteiger partial charge in [-0.2, -0.15) is 18.3 Å². The fourth-order valence-corrected chi connectivity index (χ4v) is 1.83. The summed E-state index contributed by atoms with van der Waals surface area (Å²) in [5.74, 6) is 0. The standard InChI is InChI=1S/C13H12F3N3O/c1-17-7-9-3-2-4-10(5-9)19-11(8-20)6-12(18-19)13(14,15)16/h2-6,8,17H,7H2,1H3. The summed E-state index contributed by atoms with van der Waals surface area (Å²) in [6.45, 7) is 0.567. The minimum absolute atomic E-state index is 0.140. The second-order valence-electron chi connectivity index (χ2n) is 4.18. The molecule has 2 aromatic rings. The van der Waals surface area contributed by atoms with E-state index in [9.17, 15) is 18.0 Å². The molecule has 106 valence electrons. The summed E-state index contributed by atoms with van der Waals surface area (Å²) >= 11 is 0. The second kappa shape index (κ2) is 5.46. The number of nitrogens with zero attached hydrogens (tertiary/aromatic N) is 2. The number of aldehydes is 1. The third-order valence-corrected chi connectivity index (χ3v) is 2.68. The predicted octanol–water partition coefficient (Wildman–Crippen LogP) is 2.42. The highest BCUT2D eigenvalue weighted by molar-refractivity contribution is 5.73.